The molecular formula is C16H26N2O3. The normalized spacial score (nSPS) is 10.7. The van der Waals surface area contributed by atoms with E-state index < -0.39 is 0 Å². The smallest absolute Gasteiger partial charge is 0.410 e. The second kappa shape index (κ2) is 9.37. The standard InChI is InChI=1S/C16H26N2O3/c1-14-5-7-15(8-6-14)13-18(10-9-17(2)3)16(19)21-12-11-20-4/h5-8H,9-13H2,1-4H3. The van der Waals surface area contributed by atoms with Crippen LogP contribution in [0.15, 0.2) is 24.3 Å². The molecule has 0 aromatic heterocycles. The van der Waals surface area contributed by atoms with E-state index in [2.05, 4.69) is 12.1 Å². The van der Waals surface area contributed by atoms with E-state index in [1.165, 1.54) is 5.56 Å². The maximum atomic E-state index is 12.1. The number of ether oxygens (including phenoxy) is 2. The summed E-state index contributed by atoms with van der Waals surface area (Å²) in [5.74, 6) is 0. The Labute approximate surface area is 127 Å². The van der Waals surface area contributed by atoms with Crippen LogP contribution in [0.3, 0.4) is 0 Å². The molecule has 1 aromatic carbocycles. The summed E-state index contributed by atoms with van der Waals surface area (Å²) in [4.78, 5) is 15.9. The van der Waals surface area contributed by atoms with E-state index in [1.54, 1.807) is 12.0 Å². The van der Waals surface area contributed by atoms with Gasteiger partial charge in [0.05, 0.1) is 6.61 Å². The number of benzene rings is 1. The minimum atomic E-state index is -0.297. The van der Waals surface area contributed by atoms with E-state index in [-0.39, 0.29) is 12.7 Å². The van der Waals surface area contributed by atoms with Crippen molar-refractivity contribution in [3.8, 4) is 0 Å². The van der Waals surface area contributed by atoms with Crippen molar-refractivity contribution < 1.29 is 14.3 Å². The number of carbonyl (C=O) groups is 1. The third kappa shape index (κ3) is 7.11. The number of rotatable bonds is 8. The number of nitrogens with zero attached hydrogens (tertiary/aromatic N) is 2. The Hall–Kier alpha value is -1.59. The van der Waals surface area contributed by atoms with Crippen molar-refractivity contribution in [3.05, 3.63) is 35.4 Å². The Kier molecular flexibility index (Phi) is 7.79. The fourth-order valence-electron chi connectivity index (χ4n) is 1.77. The molecule has 1 aromatic rings. The molecule has 118 valence electrons. The Morgan fingerprint density at radius 1 is 1.10 bits per heavy atom. The van der Waals surface area contributed by atoms with E-state index in [0.29, 0.717) is 19.7 Å². The molecule has 0 aliphatic heterocycles. The van der Waals surface area contributed by atoms with Gasteiger partial charge in [-0.05, 0) is 26.6 Å². The van der Waals surface area contributed by atoms with Crippen LogP contribution in [0.2, 0.25) is 0 Å². The fraction of sp³-hybridized carbons (Fsp3) is 0.562. The average Bonchev–Trinajstić information content (AvgIpc) is 2.45. The monoisotopic (exact) mass is 294 g/mol. The molecule has 0 radical (unpaired) electrons. The highest BCUT2D eigenvalue weighted by Gasteiger charge is 2.15. The lowest BCUT2D eigenvalue weighted by molar-refractivity contribution is 0.0685. The molecule has 5 nitrogen and oxygen atoms in total. The SMILES string of the molecule is COCCOC(=O)N(CCN(C)C)Cc1ccc(C)cc1. The highest BCUT2D eigenvalue weighted by atomic mass is 16.6. The second-order valence-electron chi connectivity index (χ2n) is 5.32. The average molecular weight is 294 g/mol. The van der Waals surface area contributed by atoms with E-state index in [4.69, 9.17) is 9.47 Å². The number of hydrogen-bond acceptors (Lipinski definition) is 4. The Bertz CT molecular complexity index is 418. The highest BCUT2D eigenvalue weighted by Crippen LogP contribution is 2.08. The molecule has 0 unspecified atom stereocenters. The van der Waals surface area contributed by atoms with Crippen LogP contribution < -0.4 is 0 Å². The van der Waals surface area contributed by atoms with Gasteiger partial charge in [0.25, 0.3) is 0 Å². The van der Waals surface area contributed by atoms with Gasteiger partial charge in [0, 0.05) is 26.7 Å². The van der Waals surface area contributed by atoms with Crippen LogP contribution in [0.1, 0.15) is 11.1 Å². The number of hydrogen-bond donors (Lipinski definition) is 0. The van der Waals surface area contributed by atoms with Gasteiger partial charge in [-0.25, -0.2) is 4.79 Å². The summed E-state index contributed by atoms with van der Waals surface area (Å²) in [5.41, 5.74) is 2.31. The zero-order valence-corrected chi connectivity index (χ0v) is 13.5. The summed E-state index contributed by atoms with van der Waals surface area (Å²) < 4.78 is 10.1. The molecule has 0 heterocycles. The molecule has 0 aliphatic rings. The largest absolute Gasteiger partial charge is 0.447 e. The van der Waals surface area contributed by atoms with Crippen molar-refractivity contribution in [3.63, 3.8) is 0 Å². The number of carbonyl (C=O) groups excluding carboxylic acids is 1. The van der Waals surface area contributed by atoms with Gasteiger partial charge in [-0.3, -0.25) is 0 Å². The Morgan fingerprint density at radius 3 is 2.33 bits per heavy atom. The van der Waals surface area contributed by atoms with E-state index in [1.807, 2.05) is 38.1 Å². The maximum Gasteiger partial charge on any atom is 0.410 e. The molecule has 0 bridgehead atoms. The summed E-state index contributed by atoms with van der Waals surface area (Å²) in [6.45, 7) is 4.73. The first kappa shape index (κ1) is 17.5. The van der Waals surface area contributed by atoms with Crippen LogP contribution in [-0.4, -0.2) is 63.4 Å². The highest BCUT2D eigenvalue weighted by molar-refractivity contribution is 5.67. The number of likely N-dealkylation sites (N-methyl/N-ethyl adjacent to an activating group) is 1. The first-order valence-corrected chi connectivity index (χ1v) is 7.14. The minimum absolute atomic E-state index is 0.279. The summed E-state index contributed by atoms with van der Waals surface area (Å²) in [6, 6.07) is 8.19. The molecule has 1 amide bonds. The Balaban J connectivity index is 2.62. The number of aryl methyl sites for hydroxylation is 1. The van der Waals surface area contributed by atoms with Crippen molar-refractivity contribution in [1.29, 1.82) is 0 Å². The van der Waals surface area contributed by atoms with Crippen LogP contribution in [0.25, 0.3) is 0 Å². The lowest BCUT2D eigenvalue weighted by Crippen LogP contribution is -2.37. The lowest BCUT2D eigenvalue weighted by atomic mass is 10.1. The van der Waals surface area contributed by atoms with Gasteiger partial charge in [-0.15, -0.1) is 0 Å². The molecule has 0 atom stereocenters. The third-order valence-corrected chi connectivity index (χ3v) is 3.08. The van der Waals surface area contributed by atoms with Crippen LogP contribution in [0.4, 0.5) is 4.79 Å². The molecule has 0 saturated heterocycles. The maximum absolute atomic E-state index is 12.1. The predicted octanol–water partition coefficient (Wildman–Crippen LogP) is 2.14. The molecular weight excluding hydrogens is 268 g/mol. The summed E-state index contributed by atoms with van der Waals surface area (Å²) in [6.07, 6.45) is -0.297. The molecule has 0 spiro atoms. The molecule has 0 saturated carbocycles. The van der Waals surface area contributed by atoms with Crippen molar-refractivity contribution >= 4 is 6.09 Å². The van der Waals surface area contributed by atoms with Crippen molar-refractivity contribution in [2.24, 2.45) is 0 Å². The van der Waals surface area contributed by atoms with Crippen LogP contribution in [0, 0.1) is 6.92 Å². The van der Waals surface area contributed by atoms with Crippen molar-refractivity contribution in [2.75, 3.05) is 47.5 Å². The molecule has 1 rings (SSSR count). The number of amides is 1. The van der Waals surface area contributed by atoms with Gasteiger partial charge in [-0.1, -0.05) is 29.8 Å². The van der Waals surface area contributed by atoms with Crippen molar-refractivity contribution in [1.82, 2.24) is 9.80 Å². The van der Waals surface area contributed by atoms with Gasteiger partial charge in [0.2, 0.25) is 0 Å². The number of methoxy groups -OCH3 is 1. The van der Waals surface area contributed by atoms with Gasteiger partial charge < -0.3 is 19.3 Å². The summed E-state index contributed by atoms with van der Waals surface area (Å²) in [7, 11) is 5.56. The van der Waals surface area contributed by atoms with E-state index >= 15 is 0 Å². The molecule has 0 N–H and O–H groups in total. The summed E-state index contributed by atoms with van der Waals surface area (Å²) in [5, 5.41) is 0. The van der Waals surface area contributed by atoms with E-state index in [9.17, 15) is 4.79 Å². The third-order valence-electron chi connectivity index (χ3n) is 3.08. The molecule has 0 aliphatic carbocycles. The van der Waals surface area contributed by atoms with Gasteiger partial charge in [-0.2, -0.15) is 0 Å². The van der Waals surface area contributed by atoms with Gasteiger partial charge >= 0.3 is 6.09 Å². The van der Waals surface area contributed by atoms with Crippen LogP contribution in [0.5, 0.6) is 0 Å². The quantitative estimate of drug-likeness (QED) is 0.689. The molecule has 5 heteroatoms. The van der Waals surface area contributed by atoms with Crippen molar-refractivity contribution in [2.45, 2.75) is 13.5 Å². The van der Waals surface area contributed by atoms with Crippen LogP contribution in [-0.2, 0) is 16.0 Å². The first-order chi connectivity index (χ1) is 10.0. The lowest BCUT2D eigenvalue weighted by Gasteiger charge is -2.24. The fourth-order valence-corrected chi connectivity index (χ4v) is 1.77. The first-order valence-electron chi connectivity index (χ1n) is 7.14. The van der Waals surface area contributed by atoms with Crippen LogP contribution >= 0.6 is 0 Å². The van der Waals surface area contributed by atoms with Gasteiger partial charge in [0.15, 0.2) is 0 Å². The molecule has 21 heavy (non-hydrogen) atoms. The minimum Gasteiger partial charge on any atom is -0.447 e. The molecule has 0 fully saturated rings. The predicted molar refractivity (Wildman–Crippen MR) is 83.4 cm³/mol. The second-order valence-corrected chi connectivity index (χ2v) is 5.32. The zero-order chi connectivity index (χ0) is 15.7. The topological polar surface area (TPSA) is 42.0 Å². The van der Waals surface area contributed by atoms with E-state index in [0.717, 1.165) is 12.1 Å². The Morgan fingerprint density at radius 2 is 1.76 bits per heavy atom. The van der Waals surface area contributed by atoms with Gasteiger partial charge in [0.1, 0.15) is 6.61 Å². The summed E-state index contributed by atoms with van der Waals surface area (Å²) >= 11 is 0. The zero-order valence-electron chi connectivity index (χ0n) is 13.5.